The quantitative estimate of drug-likeness (QED) is 0.747. The lowest BCUT2D eigenvalue weighted by molar-refractivity contribution is -0.118. The number of nitrogens with one attached hydrogen (secondary N) is 3. The Morgan fingerprint density at radius 3 is 2.63 bits per heavy atom. The number of carbonyl (C=O) groups is 2. The van der Waals surface area contributed by atoms with Crippen molar-refractivity contribution in [2.45, 2.75) is 6.92 Å². The highest BCUT2D eigenvalue weighted by Crippen LogP contribution is 2.32. The van der Waals surface area contributed by atoms with Crippen LogP contribution in [0.1, 0.15) is 5.56 Å². The van der Waals surface area contributed by atoms with Crippen LogP contribution in [0.15, 0.2) is 36.4 Å². The summed E-state index contributed by atoms with van der Waals surface area (Å²) in [6.07, 6.45) is 0. The number of benzene rings is 2. The molecule has 0 radical (unpaired) electrons. The summed E-state index contributed by atoms with van der Waals surface area (Å²) in [5, 5.41) is 7.82. The molecule has 142 valence electrons. The number of urea groups is 1. The van der Waals surface area contributed by atoms with Crippen molar-refractivity contribution in [3.63, 3.8) is 0 Å². The van der Waals surface area contributed by atoms with E-state index >= 15 is 0 Å². The highest BCUT2D eigenvalue weighted by molar-refractivity contribution is 6.02. The van der Waals surface area contributed by atoms with Gasteiger partial charge >= 0.3 is 6.03 Å². The highest BCUT2D eigenvalue weighted by Gasteiger charge is 2.14. The van der Waals surface area contributed by atoms with Gasteiger partial charge in [-0.3, -0.25) is 10.1 Å². The minimum Gasteiger partial charge on any atom is -0.495 e. The number of carbonyl (C=O) groups excluding carboxylic acids is 2. The Bertz CT molecular complexity index is 853. The third-order valence-electron chi connectivity index (χ3n) is 3.85. The molecule has 27 heavy (non-hydrogen) atoms. The maximum atomic E-state index is 12.0. The molecule has 3 amide bonds. The number of fused-ring (bicyclic) bond motifs is 1. The van der Waals surface area contributed by atoms with Gasteiger partial charge in [-0.15, -0.1) is 0 Å². The summed E-state index contributed by atoms with van der Waals surface area (Å²) >= 11 is 0. The van der Waals surface area contributed by atoms with Crippen LogP contribution in [0.2, 0.25) is 0 Å². The van der Waals surface area contributed by atoms with Gasteiger partial charge in [0.05, 0.1) is 19.3 Å². The molecular weight excluding hydrogens is 350 g/mol. The SMILES string of the molecule is COc1ccc(C)cc1NCC(=O)NC(=O)Nc1ccc2c(c1)OCCO2. The van der Waals surface area contributed by atoms with E-state index in [2.05, 4.69) is 16.0 Å². The summed E-state index contributed by atoms with van der Waals surface area (Å²) in [5.41, 5.74) is 2.20. The van der Waals surface area contributed by atoms with Crippen molar-refractivity contribution < 1.29 is 23.8 Å². The first-order valence-electron chi connectivity index (χ1n) is 8.44. The number of methoxy groups -OCH3 is 1. The Hall–Kier alpha value is -3.42. The van der Waals surface area contributed by atoms with Crippen molar-refractivity contribution in [1.29, 1.82) is 0 Å². The maximum absolute atomic E-state index is 12.0. The standard InChI is InChI=1S/C19H21N3O5/c1-12-3-5-15(25-2)14(9-12)20-11-18(23)22-19(24)21-13-4-6-16-17(10-13)27-8-7-26-16/h3-6,9-10,20H,7-8,11H2,1-2H3,(H2,21,22,23,24). The summed E-state index contributed by atoms with van der Waals surface area (Å²) < 4.78 is 16.1. The molecule has 3 N–H and O–H groups in total. The van der Waals surface area contributed by atoms with Gasteiger partial charge < -0.3 is 24.8 Å². The molecule has 0 saturated carbocycles. The van der Waals surface area contributed by atoms with Crippen molar-refractivity contribution in [1.82, 2.24) is 5.32 Å². The van der Waals surface area contributed by atoms with Crippen LogP contribution in [0, 0.1) is 6.92 Å². The van der Waals surface area contributed by atoms with Gasteiger partial charge in [-0.1, -0.05) is 6.07 Å². The van der Waals surface area contributed by atoms with E-state index in [0.29, 0.717) is 41.8 Å². The zero-order valence-corrected chi connectivity index (χ0v) is 15.1. The number of ether oxygens (including phenoxy) is 3. The first kappa shape index (κ1) is 18.4. The lowest BCUT2D eigenvalue weighted by Crippen LogP contribution is -2.38. The predicted octanol–water partition coefficient (Wildman–Crippen LogP) is 2.54. The van der Waals surface area contributed by atoms with E-state index in [9.17, 15) is 9.59 Å². The molecule has 1 heterocycles. The Balaban J connectivity index is 1.52. The minimum atomic E-state index is -0.630. The fourth-order valence-corrected chi connectivity index (χ4v) is 2.59. The van der Waals surface area contributed by atoms with E-state index < -0.39 is 11.9 Å². The van der Waals surface area contributed by atoms with E-state index in [1.807, 2.05) is 25.1 Å². The second kappa shape index (κ2) is 8.31. The summed E-state index contributed by atoms with van der Waals surface area (Å²) in [6, 6.07) is 9.98. The molecule has 1 aliphatic rings. The zero-order valence-electron chi connectivity index (χ0n) is 15.1. The summed E-state index contributed by atoms with van der Waals surface area (Å²) in [5.74, 6) is 1.32. The smallest absolute Gasteiger partial charge is 0.325 e. The van der Waals surface area contributed by atoms with Gasteiger partial charge in [-0.2, -0.15) is 0 Å². The molecule has 0 aliphatic carbocycles. The number of imide groups is 1. The molecule has 2 aromatic carbocycles. The molecule has 0 unspecified atom stereocenters. The number of amides is 3. The molecule has 3 rings (SSSR count). The van der Waals surface area contributed by atoms with E-state index in [1.165, 1.54) is 0 Å². The van der Waals surface area contributed by atoms with Gasteiger partial charge in [0.25, 0.3) is 0 Å². The van der Waals surface area contributed by atoms with Gasteiger partial charge in [0, 0.05) is 11.8 Å². The molecule has 0 atom stereocenters. The van der Waals surface area contributed by atoms with Crippen LogP contribution in [0.4, 0.5) is 16.2 Å². The first-order valence-corrected chi connectivity index (χ1v) is 8.44. The average molecular weight is 371 g/mol. The van der Waals surface area contributed by atoms with Crippen LogP contribution in [0.5, 0.6) is 17.2 Å². The second-order valence-corrected chi connectivity index (χ2v) is 5.92. The van der Waals surface area contributed by atoms with Gasteiger partial charge in [0.15, 0.2) is 11.5 Å². The Labute approximate surface area is 156 Å². The molecule has 0 spiro atoms. The topological polar surface area (TPSA) is 97.9 Å². The summed E-state index contributed by atoms with van der Waals surface area (Å²) in [6.45, 7) is 2.81. The maximum Gasteiger partial charge on any atom is 0.325 e. The van der Waals surface area contributed by atoms with E-state index in [4.69, 9.17) is 14.2 Å². The van der Waals surface area contributed by atoms with Crippen molar-refractivity contribution in [3.05, 3.63) is 42.0 Å². The molecule has 0 saturated heterocycles. The van der Waals surface area contributed by atoms with Gasteiger partial charge in [-0.25, -0.2) is 4.79 Å². The fourth-order valence-electron chi connectivity index (χ4n) is 2.59. The lowest BCUT2D eigenvalue weighted by atomic mass is 10.2. The van der Waals surface area contributed by atoms with Crippen molar-refractivity contribution in [2.75, 3.05) is 37.5 Å². The normalized spacial score (nSPS) is 12.1. The molecule has 8 nitrogen and oxygen atoms in total. The van der Waals surface area contributed by atoms with Crippen molar-refractivity contribution in [2.24, 2.45) is 0 Å². The average Bonchev–Trinajstić information content (AvgIpc) is 2.66. The molecule has 2 aromatic rings. The molecule has 8 heteroatoms. The van der Waals surface area contributed by atoms with Crippen LogP contribution >= 0.6 is 0 Å². The highest BCUT2D eigenvalue weighted by atomic mass is 16.6. The molecule has 1 aliphatic heterocycles. The van der Waals surface area contributed by atoms with E-state index in [1.54, 1.807) is 25.3 Å². The summed E-state index contributed by atoms with van der Waals surface area (Å²) in [7, 11) is 1.55. The summed E-state index contributed by atoms with van der Waals surface area (Å²) in [4.78, 5) is 24.0. The van der Waals surface area contributed by atoms with Crippen LogP contribution < -0.4 is 30.2 Å². The van der Waals surface area contributed by atoms with Crippen LogP contribution in [0.25, 0.3) is 0 Å². The Morgan fingerprint density at radius 2 is 1.85 bits per heavy atom. The molecule has 0 fully saturated rings. The van der Waals surface area contributed by atoms with Gasteiger partial charge in [0.1, 0.15) is 19.0 Å². The van der Waals surface area contributed by atoms with E-state index in [-0.39, 0.29) is 6.54 Å². The second-order valence-electron chi connectivity index (χ2n) is 5.92. The van der Waals surface area contributed by atoms with Crippen LogP contribution in [-0.2, 0) is 4.79 Å². The largest absolute Gasteiger partial charge is 0.495 e. The Kier molecular flexibility index (Phi) is 5.65. The number of hydrogen-bond donors (Lipinski definition) is 3. The van der Waals surface area contributed by atoms with Crippen molar-refractivity contribution in [3.8, 4) is 17.2 Å². The van der Waals surface area contributed by atoms with E-state index in [0.717, 1.165) is 5.56 Å². The number of rotatable bonds is 5. The third kappa shape index (κ3) is 4.81. The first-order chi connectivity index (χ1) is 13.0. The lowest BCUT2D eigenvalue weighted by Gasteiger charge is -2.19. The minimum absolute atomic E-state index is 0.0750. The fraction of sp³-hybridized carbons (Fsp3) is 0.263. The third-order valence-corrected chi connectivity index (χ3v) is 3.85. The Morgan fingerprint density at radius 1 is 1.07 bits per heavy atom. The zero-order chi connectivity index (χ0) is 19.2. The monoisotopic (exact) mass is 371 g/mol. The van der Waals surface area contributed by atoms with Crippen LogP contribution in [0.3, 0.4) is 0 Å². The van der Waals surface area contributed by atoms with Gasteiger partial charge in [-0.05, 0) is 36.8 Å². The number of aryl methyl sites for hydroxylation is 1. The molecular formula is C19H21N3O5. The number of anilines is 2. The molecule has 0 aromatic heterocycles. The van der Waals surface area contributed by atoms with Crippen molar-refractivity contribution >= 4 is 23.3 Å². The van der Waals surface area contributed by atoms with Crippen LogP contribution in [-0.4, -0.2) is 38.8 Å². The molecule has 0 bridgehead atoms. The predicted molar refractivity (Wildman–Crippen MR) is 101 cm³/mol. The number of hydrogen-bond acceptors (Lipinski definition) is 6. The van der Waals surface area contributed by atoms with Gasteiger partial charge in [0.2, 0.25) is 5.91 Å².